The summed E-state index contributed by atoms with van der Waals surface area (Å²) in [6.45, 7) is 2.74. The minimum atomic E-state index is -0.890. The smallest absolute Gasteiger partial charge is 0.407 e. The van der Waals surface area contributed by atoms with Gasteiger partial charge < -0.3 is 24.8 Å². The van der Waals surface area contributed by atoms with Crippen molar-refractivity contribution < 1.29 is 29.0 Å². The highest BCUT2D eigenvalue weighted by molar-refractivity contribution is 5.83. The van der Waals surface area contributed by atoms with Gasteiger partial charge in [0.15, 0.2) is 0 Å². The minimum Gasteiger partial charge on any atom is -0.481 e. The number of likely N-dealkylation sites (tertiary alicyclic amines) is 1. The molecule has 0 spiro atoms. The van der Waals surface area contributed by atoms with E-state index in [0.29, 0.717) is 13.0 Å². The highest BCUT2D eigenvalue weighted by atomic mass is 16.5. The third kappa shape index (κ3) is 3.92. The zero-order chi connectivity index (χ0) is 23.8. The molecule has 2 saturated heterocycles. The highest BCUT2D eigenvalue weighted by Crippen LogP contribution is 2.44. The van der Waals surface area contributed by atoms with E-state index >= 15 is 0 Å². The van der Waals surface area contributed by atoms with Gasteiger partial charge in [0.05, 0.1) is 31.1 Å². The molecule has 5 rings (SSSR count). The molecule has 2 aliphatic heterocycles. The maximum Gasteiger partial charge on any atom is 0.407 e. The van der Waals surface area contributed by atoms with Crippen LogP contribution in [0.3, 0.4) is 0 Å². The molecule has 4 unspecified atom stereocenters. The molecule has 2 heterocycles. The molecule has 2 N–H and O–H groups in total. The van der Waals surface area contributed by atoms with Crippen LogP contribution in [0, 0.1) is 11.8 Å². The summed E-state index contributed by atoms with van der Waals surface area (Å²) in [6.07, 6.45) is -0.159. The van der Waals surface area contributed by atoms with E-state index in [2.05, 4.69) is 29.6 Å². The molecular formula is C26H28N2O6. The Morgan fingerprint density at radius 1 is 1.03 bits per heavy atom. The number of carbonyl (C=O) groups excluding carboxylic acids is 2. The number of nitrogens with zero attached hydrogens (tertiary/aromatic N) is 1. The van der Waals surface area contributed by atoms with Crippen LogP contribution in [0.15, 0.2) is 48.5 Å². The van der Waals surface area contributed by atoms with Crippen molar-refractivity contribution in [2.45, 2.75) is 31.3 Å². The molecule has 2 amide bonds. The van der Waals surface area contributed by atoms with E-state index in [-0.39, 0.29) is 37.7 Å². The van der Waals surface area contributed by atoms with Crippen molar-refractivity contribution in [2.75, 3.05) is 26.4 Å². The van der Waals surface area contributed by atoms with Gasteiger partial charge in [0, 0.05) is 18.5 Å². The summed E-state index contributed by atoms with van der Waals surface area (Å²) in [5.74, 6) is -2.25. The summed E-state index contributed by atoms with van der Waals surface area (Å²) >= 11 is 0. The first-order valence-electron chi connectivity index (χ1n) is 11.7. The van der Waals surface area contributed by atoms with Crippen LogP contribution in [-0.4, -0.2) is 66.4 Å². The molecule has 2 aromatic carbocycles. The van der Waals surface area contributed by atoms with Crippen LogP contribution >= 0.6 is 0 Å². The number of ether oxygens (including phenoxy) is 2. The van der Waals surface area contributed by atoms with Gasteiger partial charge in [0.1, 0.15) is 6.61 Å². The second-order valence-corrected chi connectivity index (χ2v) is 9.23. The Morgan fingerprint density at radius 2 is 1.68 bits per heavy atom. The fraction of sp³-hybridized carbons (Fsp3) is 0.423. The Balaban J connectivity index is 1.21. The van der Waals surface area contributed by atoms with Crippen LogP contribution in [0.2, 0.25) is 0 Å². The van der Waals surface area contributed by atoms with Gasteiger partial charge in [-0.25, -0.2) is 4.79 Å². The Hall–Kier alpha value is -3.39. The monoisotopic (exact) mass is 464 g/mol. The molecule has 178 valence electrons. The lowest BCUT2D eigenvalue weighted by atomic mass is 9.98. The number of fused-ring (bicyclic) bond motifs is 3. The zero-order valence-electron chi connectivity index (χ0n) is 19.0. The Labute approximate surface area is 197 Å². The number of hydrogen-bond acceptors (Lipinski definition) is 5. The summed E-state index contributed by atoms with van der Waals surface area (Å²) < 4.78 is 11.1. The number of alkyl carbamates (subject to hydrolysis) is 1. The second-order valence-electron chi connectivity index (χ2n) is 9.23. The first-order valence-corrected chi connectivity index (χ1v) is 11.7. The van der Waals surface area contributed by atoms with Gasteiger partial charge in [-0.3, -0.25) is 9.59 Å². The molecule has 0 bridgehead atoms. The quantitative estimate of drug-likeness (QED) is 0.705. The molecule has 0 aromatic heterocycles. The van der Waals surface area contributed by atoms with Gasteiger partial charge in [0.25, 0.3) is 0 Å². The SMILES string of the molecule is CC1C(C(=O)O)CCN1C(=O)C1COCC1NC(=O)OCC1c2ccccc2-c2ccccc21. The van der Waals surface area contributed by atoms with Crippen molar-refractivity contribution >= 4 is 18.0 Å². The zero-order valence-corrected chi connectivity index (χ0v) is 19.0. The van der Waals surface area contributed by atoms with Crippen LogP contribution in [0.4, 0.5) is 4.79 Å². The minimum absolute atomic E-state index is 0.0474. The van der Waals surface area contributed by atoms with Gasteiger partial charge in [-0.15, -0.1) is 0 Å². The number of rotatable bonds is 5. The van der Waals surface area contributed by atoms with Crippen molar-refractivity contribution in [3.05, 3.63) is 59.7 Å². The standard InChI is InChI=1S/C26H28N2O6/c1-15-16(25(30)31)10-11-28(15)24(29)22-12-33-14-23(22)27-26(32)34-13-21-19-8-4-2-6-17(19)18-7-3-5-9-20(18)21/h2-9,15-16,21-23H,10-14H2,1H3,(H,27,32)(H,30,31). The van der Waals surface area contributed by atoms with E-state index < -0.39 is 29.9 Å². The number of aliphatic carboxylic acids is 1. The lowest BCUT2D eigenvalue weighted by molar-refractivity contribution is -0.143. The van der Waals surface area contributed by atoms with Crippen LogP contribution in [0.25, 0.3) is 11.1 Å². The molecule has 0 saturated carbocycles. The summed E-state index contributed by atoms with van der Waals surface area (Å²) in [6, 6.07) is 15.3. The van der Waals surface area contributed by atoms with Gasteiger partial charge in [-0.1, -0.05) is 48.5 Å². The van der Waals surface area contributed by atoms with Gasteiger partial charge in [0.2, 0.25) is 5.91 Å². The van der Waals surface area contributed by atoms with E-state index in [9.17, 15) is 19.5 Å². The van der Waals surface area contributed by atoms with Gasteiger partial charge in [-0.2, -0.15) is 0 Å². The van der Waals surface area contributed by atoms with Crippen LogP contribution in [0.5, 0.6) is 0 Å². The molecule has 0 radical (unpaired) electrons. The molecule has 8 nitrogen and oxygen atoms in total. The Bertz CT molecular complexity index is 1070. The third-order valence-electron chi connectivity index (χ3n) is 7.40. The molecule has 1 aliphatic carbocycles. The molecule has 8 heteroatoms. The van der Waals surface area contributed by atoms with Crippen LogP contribution < -0.4 is 5.32 Å². The fourth-order valence-electron chi connectivity index (χ4n) is 5.53. The Morgan fingerprint density at radius 3 is 2.29 bits per heavy atom. The summed E-state index contributed by atoms with van der Waals surface area (Å²) in [5, 5.41) is 12.2. The van der Waals surface area contributed by atoms with E-state index in [1.165, 1.54) is 0 Å². The van der Waals surface area contributed by atoms with E-state index in [0.717, 1.165) is 22.3 Å². The molecule has 4 atom stereocenters. The predicted octanol–water partition coefficient (Wildman–Crippen LogP) is 2.86. The van der Waals surface area contributed by atoms with Crippen molar-refractivity contribution in [3.8, 4) is 11.1 Å². The number of benzene rings is 2. The summed E-state index contributed by atoms with van der Waals surface area (Å²) in [7, 11) is 0. The topological polar surface area (TPSA) is 105 Å². The number of carboxylic acids is 1. The van der Waals surface area contributed by atoms with Crippen molar-refractivity contribution in [3.63, 3.8) is 0 Å². The molecule has 34 heavy (non-hydrogen) atoms. The lowest BCUT2D eigenvalue weighted by Crippen LogP contribution is -2.49. The van der Waals surface area contributed by atoms with Crippen molar-refractivity contribution in [1.82, 2.24) is 10.2 Å². The predicted molar refractivity (Wildman–Crippen MR) is 123 cm³/mol. The third-order valence-corrected chi connectivity index (χ3v) is 7.40. The molecule has 3 aliphatic rings. The molecule has 2 fully saturated rings. The second kappa shape index (κ2) is 9.10. The maximum absolute atomic E-state index is 13.1. The number of nitrogens with one attached hydrogen (secondary N) is 1. The summed E-state index contributed by atoms with van der Waals surface area (Å²) in [5.41, 5.74) is 4.57. The summed E-state index contributed by atoms with van der Waals surface area (Å²) in [4.78, 5) is 38.8. The number of carboxylic acid groups (broad SMARTS) is 1. The van der Waals surface area contributed by atoms with Gasteiger partial charge >= 0.3 is 12.1 Å². The average molecular weight is 465 g/mol. The van der Waals surface area contributed by atoms with E-state index in [4.69, 9.17) is 9.47 Å². The van der Waals surface area contributed by atoms with Crippen LogP contribution in [-0.2, 0) is 19.1 Å². The van der Waals surface area contributed by atoms with Crippen molar-refractivity contribution in [1.29, 1.82) is 0 Å². The number of amides is 2. The number of hydrogen-bond donors (Lipinski definition) is 2. The van der Waals surface area contributed by atoms with E-state index in [1.54, 1.807) is 11.8 Å². The Kier molecular flexibility index (Phi) is 6.00. The fourth-order valence-corrected chi connectivity index (χ4v) is 5.53. The molecule has 2 aromatic rings. The normalized spacial score (nSPS) is 25.6. The maximum atomic E-state index is 13.1. The number of carbonyl (C=O) groups is 3. The first kappa shape index (κ1) is 22.4. The van der Waals surface area contributed by atoms with Crippen LogP contribution in [0.1, 0.15) is 30.4 Å². The van der Waals surface area contributed by atoms with Crippen molar-refractivity contribution in [2.24, 2.45) is 11.8 Å². The first-order chi connectivity index (χ1) is 16.5. The van der Waals surface area contributed by atoms with E-state index in [1.807, 2.05) is 24.3 Å². The largest absolute Gasteiger partial charge is 0.481 e. The molecular weight excluding hydrogens is 436 g/mol. The van der Waals surface area contributed by atoms with Gasteiger partial charge in [-0.05, 0) is 35.6 Å². The lowest BCUT2D eigenvalue weighted by Gasteiger charge is -2.28. The average Bonchev–Trinajstić information content (AvgIpc) is 3.53. The highest BCUT2D eigenvalue weighted by Gasteiger charge is 2.44.